The van der Waals surface area contributed by atoms with Crippen molar-refractivity contribution in [2.45, 2.75) is 53.4 Å². The molecule has 0 saturated carbocycles. The molecule has 0 spiro atoms. The summed E-state index contributed by atoms with van der Waals surface area (Å²) >= 11 is 0. The van der Waals surface area contributed by atoms with E-state index in [0.29, 0.717) is 26.4 Å². The third kappa shape index (κ3) is 75.8. The fourth-order valence-corrected chi connectivity index (χ4v) is 1.04. The summed E-state index contributed by atoms with van der Waals surface area (Å²) in [4.78, 5) is 0. The zero-order chi connectivity index (χ0) is 20.7. The molecule has 168 valence electrons. The van der Waals surface area contributed by atoms with Crippen LogP contribution >= 0.6 is 0 Å². The second kappa shape index (κ2) is 50.3. The fraction of sp³-hybridized carbons (Fsp3) is 1.00. The Morgan fingerprint density at radius 1 is 0.444 bits per heavy atom. The standard InChI is InChI=1S/2C5H12O2.2C4H10O2.Ti/c2*1-2-4-7-5-3-6;2*1-2-3-6-4-5;/h2*6H,2-5H2,1H3;2*5H,2-4H2,1H3;. The first-order chi connectivity index (χ1) is 12.7. The third-order valence-corrected chi connectivity index (χ3v) is 2.05. The maximum absolute atomic E-state index is 8.17. The Balaban J connectivity index is -0.0000000789. The van der Waals surface area contributed by atoms with Crippen molar-refractivity contribution in [1.29, 1.82) is 0 Å². The van der Waals surface area contributed by atoms with Gasteiger partial charge in [-0.1, -0.05) is 27.7 Å². The first-order valence-corrected chi connectivity index (χ1v) is 9.40. The van der Waals surface area contributed by atoms with E-state index in [1.165, 1.54) is 0 Å². The summed E-state index contributed by atoms with van der Waals surface area (Å²) in [6, 6.07) is 0. The second-order valence-corrected chi connectivity index (χ2v) is 4.75. The van der Waals surface area contributed by atoms with Crippen LogP contribution < -0.4 is 0 Å². The summed E-state index contributed by atoms with van der Waals surface area (Å²) in [5, 5.41) is 32.3. The van der Waals surface area contributed by atoms with Gasteiger partial charge in [0.15, 0.2) is 0 Å². The Hall–Kier alpha value is 0.394. The van der Waals surface area contributed by atoms with Crippen LogP contribution in [0.4, 0.5) is 0 Å². The molecule has 0 amide bonds. The van der Waals surface area contributed by atoms with Gasteiger partial charge in [0.2, 0.25) is 0 Å². The minimum absolute atomic E-state index is 0. The molecule has 0 aliphatic heterocycles. The second-order valence-electron chi connectivity index (χ2n) is 4.75. The average Bonchev–Trinajstić information content (AvgIpc) is 2.67. The van der Waals surface area contributed by atoms with Gasteiger partial charge >= 0.3 is 0 Å². The van der Waals surface area contributed by atoms with E-state index in [1.54, 1.807) is 0 Å². The average molecular weight is 436 g/mol. The van der Waals surface area contributed by atoms with Gasteiger partial charge in [-0.2, -0.15) is 0 Å². The number of rotatable bonds is 14. The van der Waals surface area contributed by atoms with E-state index >= 15 is 0 Å². The van der Waals surface area contributed by atoms with Crippen molar-refractivity contribution < 1.29 is 61.1 Å². The van der Waals surface area contributed by atoms with Gasteiger partial charge in [0.25, 0.3) is 0 Å². The van der Waals surface area contributed by atoms with Gasteiger partial charge in [-0.05, 0) is 25.7 Å². The van der Waals surface area contributed by atoms with Crippen LogP contribution in [0.25, 0.3) is 0 Å². The molecular formula is C18H44O8Ti. The van der Waals surface area contributed by atoms with Crippen molar-refractivity contribution in [2.75, 3.05) is 66.4 Å². The quantitative estimate of drug-likeness (QED) is 0.184. The van der Waals surface area contributed by atoms with E-state index in [-0.39, 0.29) is 48.5 Å². The summed E-state index contributed by atoms with van der Waals surface area (Å²) in [5.74, 6) is 0. The molecule has 0 atom stereocenters. The summed E-state index contributed by atoms with van der Waals surface area (Å²) in [7, 11) is 0. The van der Waals surface area contributed by atoms with Crippen molar-refractivity contribution in [2.24, 2.45) is 0 Å². The topological polar surface area (TPSA) is 118 Å². The molecule has 0 aromatic rings. The summed E-state index contributed by atoms with van der Waals surface area (Å²) in [6.07, 6.45) is 4.00. The monoisotopic (exact) mass is 436 g/mol. The van der Waals surface area contributed by atoms with Crippen molar-refractivity contribution in [3.8, 4) is 0 Å². The molecule has 0 aliphatic rings. The Labute approximate surface area is 181 Å². The molecule has 27 heavy (non-hydrogen) atoms. The van der Waals surface area contributed by atoms with Crippen LogP contribution in [0.15, 0.2) is 0 Å². The van der Waals surface area contributed by atoms with Crippen LogP contribution in [0.3, 0.4) is 0 Å². The Morgan fingerprint density at radius 2 is 0.704 bits per heavy atom. The molecule has 0 radical (unpaired) electrons. The van der Waals surface area contributed by atoms with Crippen LogP contribution in [0.5, 0.6) is 0 Å². The van der Waals surface area contributed by atoms with E-state index in [4.69, 9.17) is 29.9 Å². The summed E-state index contributed by atoms with van der Waals surface area (Å²) < 4.78 is 18.8. The maximum Gasteiger partial charge on any atom is 0.143 e. The smallest absolute Gasteiger partial charge is 0.143 e. The molecule has 0 fully saturated rings. The predicted molar refractivity (Wildman–Crippen MR) is 103 cm³/mol. The first-order valence-electron chi connectivity index (χ1n) is 9.40. The Morgan fingerprint density at radius 3 is 0.852 bits per heavy atom. The third-order valence-electron chi connectivity index (χ3n) is 2.05. The van der Waals surface area contributed by atoms with Crippen molar-refractivity contribution in [3.05, 3.63) is 0 Å². The minimum Gasteiger partial charge on any atom is -0.394 e. The van der Waals surface area contributed by atoms with Crippen molar-refractivity contribution in [1.82, 2.24) is 0 Å². The molecule has 0 bridgehead atoms. The zero-order valence-electron chi connectivity index (χ0n) is 17.8. The number of hydrogen-bond acceptors (Lipinski definition) is 8. The van der Waals surface area contributed by atoms with E-state index in [1.807, 2.05) is 27.7 Å². The summed E-state index contributed by atoms with van der Waals surface area (Å²) in [6.45, 7) is 11.9. The molecule has 0 heterocycles. The molecule has 0 aromatic heterocycles. The molecule has 8 nitrogen and oxygen atoms in total. The molecule has 9 heteroatoms. The molecule has 0 unspecified atom stereocenters. The molecule has 0 rings (SSSR count). The van der Waals surface area contributed by atoms with Gasteiger partial charge in [-0.25, -0.2) is 0 Å². The molecule has 0 aliphatic carbocycles. The van der Waals surface area contributed by atoms with Gasteiger partial charge < -0.3 is 39.4 Å². The molecule has 0 aromatic carbocycles. The van der Waals surface area contributed by atoms with Crippen molar-refractivity contribution >= 4 is 0 Å². The van der Waals surface area contributed by atoms with Gasteiger partial charge in [0.1, 0.15) is 13.6 Å². The zero-order valence-corrected chi connectivity index (χ0v) is 19.4. The predicted octanol–water partition coefficient (Wildman–Crippen LogP) is 1.53. The molecule has 0 saturated heterocycles. The van der Waals surface area contributed by atoms with Crippen LogP contribution in [-0.2, 0) is 40.7 Å². The van der Waals surface area contributed by atoms with Gasteiger partial charge in [-0.15, -0.1) is 0 Å². The number of hydrogen-bond donors (Lipinski definition) is 4. The van der Waals surface area contributed by atoms with Crippen LogP contribution in [0.1, 0.15) is 53.4 Å². The van der Waals surface area contributed by atoms with E-state index in [0.717, 1.165) is 38.9 Å². The Bertz CT molecular complexity index is 145. The van der Waals surface area contributed by atoms with Gasteiger partial charge in [0.05, 0.1) is 26.4 Å². The van der Waals surface area contributed by atoms with Crippen LogP contribution in [-0.4, -0.2) is 86.9 Å². The SMILES string of the molecule is CCCOCCO.CCCOCCO.CCCOCO.CCCOCO.[Ti]. The summed E-state index contributed by atoms with van der Waals surface area (Å²) in [5.41, 5.74) is 0. The van der Waals surface area contributed by atoms with E-state index in [2.05, 4.69) is 9.47 Å². The van der Waals surface area contributed by atoms with E-state index < -0.39 is 0 Å². The fourth-order valence-electron chi connectivity index (χ4n) is 1.04. The number of aliphatic hydroxyl groups excluding tert-OH is 4. The minimum atomic E-state index is -0.145. The van der Waals surface area contributed by atoms with E-state index in [9.17, 15) is 0 Å². The Kier molecular flexibility index (Phi) is 70.9. The number of ether oxygens (including phenoxy) is 4. The van der Waals surface area contributed by atoms with Crippen LogP contribution in [0, 0.1) is 0 Å². The maximum atomic E-state index is 8.17. The first kappa shape index (κ1) is 38.1. The van der Waals surface area contributed by atoms with Gasteiger partial charge in [0, 0.05) is 48.1 Å². The van der Waals surface area contributed by atoms with Crippen molar-refractivity contribution in [3.63, 3.8) is 0 Å². The van der Waals surface area contributed by atoms with Crippen LogP contribution in [0.2, 0.25) is 0 Å². The normalized spacial score (nSPS) is 8.89. The molecular weight excluding hydrogens is 392 g/mol. The molecule has 4 N–H and O–H groups in total. The number of aliphatic hydroxyl groups is 4. The van der Waals surface area contributed by atoms with Gasteiger partial charge in [-0.3, -0.25) is 0 Å². The largest absolute Gasteiger partial charge is 0.394 e.